The van der Waals surface area contributed by atoms with Crippen LogP contribution in [0.4, 0.5) is 5.82 Å². The van der Waals surface area contributed by atoms with E-state index < -0.39 is 0 Å². The molecule has 0 aromatic carbocycles. The van der Waals surface area contributed by atoms with E-state index in [0.29, 0.717) is 0 Å². The van der Waals surface area contributed by atoms with E-state index in [1.165, 1.54) is 30.5 Å². The molecule has 1 aromatic rings. The molecule has 80 valence electrons. The first-order chi connectivity index (χ1) is 7.36. The van der Waals surface area contributed by atoms with E-state index in [0.717, 1.165) is 36.8 Å². The third-order valence-electron chi connectivity index (χ3n) is 3.38. The van der Waals surface area contributed by atoms with Crippen LogP contribution in [0.3, 0.4) is 0 Å². The van der Waals surface area contributed by atoms with Crippen molar-refractivity contribution in [3.63, 3.8) is 0 Å². The monoisotopic (exact) mass is 203 g/mol. The van der Waals surface area contributed by atoms with Gasteiger partial charge in [0.05, 0.1) is 0 Å². The van der Waals surface area contributed by atoms with Crippen LogP contribution in [0.15, 0.2) is 0 Å². The average molecular weight is 203 g/mol. The zero-order valence-corrected chi connectivity index (χ0v) is 9.21. The predicted molar refractivity (Wildman–Crippen MR) is 60.0 cm³/mol. The second kappa shape index (κ2) is 3.47. The van der Waals surface area contributed by atoms with Gasteiger partial charge in [-0.25, -0.2) is 9.97 Å². The van der Waals surface area contributed by atoms with Crippen molar-refractivity contribution in [2.75, 3.05) is 12.4 Å². The smallest absolute Gasteiger partial charge is 0.132 e. The molecular weight excluding hydrogens is 186 g/mol. The number of fused-ring (bicyclic) bond motifs is 1. The van der Waals surface area contributed by atoms with Crippen LogP contribution >= 0.6 is 0 Å². The second-order valence-corrected chi connectivity index (χ2v) is 4.66. The number of nitrogens with zero attached hydrogens (tertiary/aromatic N) is 2. The lowest BCUT2D eigenvalue weighted by Gasteiger charge is -2.08. The summed E-state index contributed by atoms with van der Waals surface area (Å²) in [5, 5.41) is 3.21. The highest BCUT2D eigenvalue weighted by atomic mass is 15.0. The fourth-order valence-electron chi connectivity index (χ4n) is 2.36. The molecule has 1 saturated carbocycles. The fraction of sp³-hybridized carbons (Fsp3) is 0.667. The molecule has 0 amide bonds. The van der Waals surface area contributed by atoms with Crippen molar-refractivity contribution < 1.29 is 0 Å². The number of aryl methyl sites for hydroxylation is 1. The van der Waals surface area contributed by atoms with Gasteiger partial charge in [0.25, 0.3) is 0 Å². The SMILES string of the molecule is CNc1nc(CC2CC2)nc2c1CCC2. The van der Waals surface area contributed by atoms with Gasteiger partial charge in [0, 0.05) is 24.7 Å². The molecule has 1 heterocycles. The van der Waals surface area contributed by atoms with Gasteiger partial charge in [0.1, 0.15) is 11.6 Å². The molecule has 0 aliphatic heterocycles. The van der Waals surface area contributed by atoms with Crippen LogP contribution in [0.5, 0.6) is 0 Å². The minimum absolute atomic E-state index is 0.870. The lowest BCUT2D eigenvalue weighted by atomic mass is 10.2. The Kier molecular flexibility index (Phi) is 2.11. The summed E-state index contributed by atoms with van der Waals surface area (Å²) in [6.07, 6.45) is 7.36. The van der Waals surface area contributed by atoms with Crippen molar-refractivity contribution in [3.8, 4) is 0 Å². The molecule has 0 spiro atoms. The van der Waals surface area contributed by atoms with Gasteiger partial charge in [-0.1, -0.05) is 0 Å². The standard InChI is InChI=1S/C12H17N3/c1-13-12-9-3-2-4-10(9)14-11(15-12)7-8-5-6-8/h8H,2-7H2,1H3,(H,13,14,15). The summed E-state index contributed by atoms with van der Waals surface area (Å²) in [7, 11) is 1.96. The summed E-state index contributed by atoms with van der Waals surface area (Å²) >= 11 is 0. The van der Waals surface area contributed by atoms with E-state index >= 15 is 0 Å². The molecule has 0 unspecified atom stereocenters. The quantitative estimate of drug-likeness (QED) is 0.816. The highest BCUT2D eigenvalue weighted by Crippen LogP contribution is 2.33. The van der Waals surface area contributed by atoms with E-state index in [1.807, 2.05) is 7.05 Å². The number of hydrogen-bond donors (Lipinski definition) is 1. The molecule has 3 rings (SSSR count). The molecular formula is C12H17N3. The van der Waals surface area contributed by atoms with Gasteiger partial charge >= 0.3 is 0 Å². The summed E-state index contributed by atoms with van der Waals surface area (Å²) in [5.74, 6) is 3.00. The summed E-state index contributed by atoms with van der Waals surface area (Å²) in [6, 6.07) is 0. The van der Waals surface area contributed by atoms with Gasteiger partial charge in [0.2, 0.25) is 0 Å². The Bertz CT molecular complexity index is 383. The van der Waals surface area contributed by atoms with Crippen molar-refractivity contribution in [3.05, 3.63) is 17.1 Å². The van der Waals surface area contributed by atoms with Gasteiger partial charge in [-0.15, -0.1) is 0 Å². The van der Waals surface area contributed by atoms with Crippen molar-refractivity contribution in [2.45, 2.75) is 38.5 Å². The van der Waals surface area contributed by atoms with Crippen molar-refractivity contribution in [1.82, 2.24) is 9.97 Å². The molecule has 1 aromatic heterocycles. The molecule has 1 N–H and O–H groups in total. The van der Waals surface area contributed by atoms with Crippen LogP contribution in [0, 0.1) is 5.92 Å². The van der Waals surface area contributed by atoms with Gasteiger partial charge in [-0.3, -0.25) is 0 Å². The Balaban J connectivity index is 1.94. The number of aromatic nitrogens is 2. The van der Waals surface area contributed by atoms with Gasteiger partial charge < -0.3 is 5.32 Å². The molecule has 3 nitrogen and oxygen atoms in total. The number of anilines is 1. The Morgan fingerprint density at radius 2 is 2.13 bits per heavy atom. The van der Waals surface area contributed by atoms with E-state index in [4.69, 9.17) is 4.98 Å². The molecule has 0 bridgehead atoms. The Hall–Kier alpha value is -1.12. The second-order valence-electron chi connectivity index (χ2n) is 4.66. The molecule has 1 fully saturated rings. The topological polar surface area (TPSA) is 37.8 Å². The van der Waals surface area contributed by atoms with Crippen LogP contribution in [-0.4, -0.2) is 17.0 Å². The molecule has 2 aliphatic carbocycles. The van der Waals surface area contributed by atoms with Crippen LogP contribution in [0.1, 0.15) is 36.3 Å². The molecule has 0 radical (unpaired) electrons. The lowest BCUT2D eigenvalue weighted by molar-refractivity contribution is 0.760. The normalized spacial score (nSPS) is 19.0. The Morgan fingerprint density at radius 1 is 1.27 bits per heavy atom. The van der Waals surface area contributed by atoms with Gasteiger partial charge in [-0.05, 0) is 38.0 Å². The Morgan fingerprint density at radius 3 is 2.87 bits per heavy atom. The maximum atomic E-state index is 4.69. The van der Waals surface area contributed by atoms with Crippen LogP contribution < -0.4 is 5.32 Å². The van der Waals surface area contributed by atoms with Crippen molar-refractivity contribution >= 4 is 5.82 Å². The third-order valence-corrected chi connectivity index (χ3v) is 3.38. The van der Waals surface area contributed by atoms with E-state index in [-0.39, 0.29) is 0 Å². The first-order valence-electron chi connectivity index (χ1n) is 5.93. The maximum Gasteiger partial charge on any atom is 0.132 e. The molecule has 0 atom stereocenters. The predicted octanol–water partition coefficient (Wildman–Crippen LogP) is 1.96. The fourth-order valence-corrected chi connectivity index (χ4v) is 2.36. The van der Waals surface area contributed by atoms with Gasteiger partial charge in [0.15, 0.2) is 0 Å². The highest BCUT2D eigenvalue weighted by Gasteiger charge is 2.25. The first-order valence-corrected chi connectivity index (χ1v) is 5.93. The van der Waals surface area contributed by atoms with Crippen LogP contribution in [-0.2, 0) is 19.3 Å². The minimum atomic E-state index is 0.870. The molecule has 2 aliphatic rings. The van der Waals surface area contributed by atoms with E-state index in [9.17, 15) is 0 Å². The van der Waals surface area contributed by atoms with Crippen molar-refractivity contribution in [1.29, 1.82) is 0 Å². The number of rotatable bonds is 3. The molecule has 0 saturated heterocycles. The van der Waals surface area contributed by atoms with Crippen LogP contribution in [0.2, 0.25) is 0 Å². The zero-order valence-electron chi connectivity index (χ0n) is 9.21. The third kappa shape index (κ3) is 1.71. The number of hydrogen-bond acceptors (Lipinski definition) is 3. The average Bonchev–Trinajstić information content (AvgIpc) is 2.93. The summed E-state index contributed by atoms with van der Waals surface area (Å²) < 4.78 is 0. The van der Waals surface area contributed by atoms with Crippen LogP contribution in [0.25, 0.3) is 0 Å². The first kappa shape index (κ1) is 9.13. The van der Waals surface area contributed by atoms with Gasteiger partial charge in [-0.2, -0.15) is 0 Å². The maximum absolute atomic E-state index is 4.69. The van der Waals surface area contributed by atoms with Crippen molar-refractivity contribution in [2.24, 2.45) is 5.92 Å². The van der Waals surface area contributed by atoms with E-state index in [2.05, 4.69) is 10.3 Å². The minimum Gasteiger partial charge on any atom is -0.373 e. The summed E-state index contributed by atoms with van der Waals surface area (Å²) in [6.45, 7) is 0. The summed E-state index contributed by atoms with van der Waals surface area (Å²) in [4.78, 5) is 9.31. The lowest BCUT2D eigenvalue weighted by Crippen LogP contribution is -2.06. The highest BCUT2D eigenvalue weighted by molar-refractivity contribution is 5.48. The summed E-state index contributed by atoms with van der Waals surface area (Å²) in [5.41, 5.74) is 2.65. The molecule has 15 heavy (non-hydrogen) atoms. The molecule has 3 heteroatoms. The Labute approximate surface area is 90.3 Å². The number of nitrogens with one attached hydrogen (secondary N) is 1. The van der Waals surface area contributed by atoms with E-state index in [1.54, 1.807) is 0 Å². The zero-order chi connectivity index (χ0) is 10.3. The largest absolute Gasteiger partial charge is 0.373 e.